The van der Waals surface area contributed by atoms with Crippen LogP contribution in [0.2, 0.25) is 0 Å². The summed E-state index contributed by atoms with van der Waals surface area (Å²) in [5.74, 6) is 3.32. The molecular weight excluding hydrogens is 274 g/mol. The molecule has 3 atom stereocenters. The fourth-order valence-electron chi connectivity index (χ4n) is 3.34. The van der Waals surface area contributed by atoms with E-state index in [0.717, 1.165) is 5.75 Å². The lowest BCUT2D eigenvalue weighted by Gasteiger charge is -2.38. The van der Waals surface area contributed by atoms with Crippen LogP contribution < -0.4 is 10.1 Å². The molecule has 3 aliphatic carbocycles. The Morgan fingerprint density at radius 3 is 2.68 bits per heavy atom. The van der Waals surface area contributed by atoms with Crippen LogP contribution in [0.3, 0.4) is 0 Å². The zero-order valence-corrected chi connectivity index (χ0v) is 12.4. The van der Waals surface area contributed by atoms with Crippen molar-refractivity contribution < 1.29 is 4.74 Å². The monoisotopic (exact) mass is 293 g/mol. The second-order valence-electron chi connectivity index (χ2n) is 6.01. The van der Waals surface area contributed by atoms with Gasteiger partial charge < -0.3 is 10.1 Å². The standard InChI is InChI=1S/C18H19N3O/c1-2-4-15(5-3-1)22-17-10-11-19-18(21-17)20-16-12-13-6-8-14(16)9-7-13/h1-6,8,10-11,13-14,16H,7,9,12H2,(H,19,20,21). The van der Waals surface area contributed by atoms with Gasteiger partial charge in [-0.25, -0.2) is 4.98 Å². The van der Waals surface area contributed by atoms with Crippen LogP contribution in [-0.4, -0.2) is 16.0 Å². The number of fused-ring (bicyclic) bond motifs is 2. The number of benzene rings is 1. The van der Waals surface area contributed by atoms with Crippen molar-refractivity contribution in [2.75, 3.05) is 5.32 Å². The Hall–Kier alpha value is -2.36. The molecule has 0 aliphatic heterocycles. The van der Waals surface area contributed by atoms with Crippen molar-refractivity contribution in [3.63, 3.8) is 0 Å². The Labute approximate surface area is 130 Å². The number of nitrogens with one attached hydrogen (secondary N) is 1. The molecule has 1 aromatic carbocycles. The minimum absolute atomic E-state index is 0.440. The van der Waals surface area contributed by atoms with Gasteiger partial charge in [0.15, 0.2) is 0 Å². The van der Waals surface area contributed by atoms with Crippen molar-refractivity contribution in [1.82, 2.24) is 9.97 Å². The van der Waals surface area contributed by atoms with Crippen LogP contribution in [0.15, 0.2) is 54.7 Å². The smallest absolute Gasteiger partial charge is 0.226 e. The van der Waals surface area contributed by atoms with E-state index in [1.807, 2.05) is 30.3 Å². The number of hydrogen-bond acceptors (Lipinski definition) is 4. The van der Waals surface area contributed by atoms with Crippen LogP contribution >= 0.6 is 0 Å². The highest BCUT2D eigenvalue weighted by molar-refractivity contribution is 5.33. The molecule has 4 nitrogen and oxygen atoms in total. The van der Waals surface area contributed by atoms with Gasteiger partial charge in [-0.15, -0.1) is 0 Å². The fraction of sp³-hybridized carbons (Fsp3) is 0.333. The Morgan fingerprint density at radius 2 is 1.95 bits per heavy atom. The maximum atomic E-state index is 5.77. The Kier molecular flexibility index (Phi) is 3.51. The number of allylic oxidation sites excluding steroid dienone is 1. The Balaban J connectivity index is 1.47. The van der Waals surface area contributed by atoms with E-state index in [9.17, 15) is 0 Å². The zero-order valence-electron chi connectivity index (χ0n) is 12.4. The summed E-state index contributed by atoms with van der Waals surface area (Å²) in [6.07, 6.45) is 10.2. The van der Waals surface area contributed by atoms with E-state index >= 15 is 0 Å². The predicted octanol–water partition coefficient (Wildman–Crippen LogP) is 4.04. The lowest BCUT2D eigenvalue weighted by atomic mass is 9.73. The molecule has 2 aromatic rings. The summed E-state index contributed by atoms with van der Waals surface area (Å²) in [7, 11) is 0. The second kappa shape index (κ2) is 5.79. The maximum Gasteiger partial charge on any atom is 0.226 e. The molecule has 4 heteroatoms. The highest BCUT2D eigenvalue weighted by atomic mass is 16.5. The van der Waals surface area contributed by atoms with Crippen molar-refractivity contribution in [1.29, 1.82) is 0 Å². The molecule has 2 bridgehead atoms. The van der Waals surface area contributed by atoms with Crippen LogP contribution in [0.25, 0.3) is 0 Å². The minimum Gasteiger partial charge on any atom is -0.439 e. The SMILES string of the molecule is C1=CC2CCC1CC2Nc1nccc(Oc2ccccc2)n1. The van der Waals surface area contributed by atoms with Crippen molar-refractivity contribution in [2.45, 2.75) is 25.3 Å². The van der Waals surface area contributed by atoms with Crippen molar-refractivity contribution in [3.05, 3.63) is 54.7 Å². The molecule has 1 aromatic heterocycles. The summed E-state index contributed by atoms with van der Waals surface area (Å²) in [5, 5.41) is 3.48. The average molecular weight is 293 g/mol. The summed E-state index contributed by atoms with van der Waals surface area (Å²) in [4.78, 5) is 8.81. The number of aromatic nitrogens is 2. The topological polar surface area (TPSA) is 47.0 Å². The molecule has 112 valence electrons. The molecule has 0 spiro atoms. The summed E-state index contributed by atoms with van der Waals surface area (Å²) >= 11 is 0. The van der Waals surface area contributed by atoms with E-state index < -0.39 is 0 Å². The fourth-order valence-corrected chi connectivity index (χ4v) is 3.34. The van der Waals surface area contributed by atoms with Gasteiger partial charge >= 0.3 is 0 Å². The number of hydrogen-bond donors (Lipinski definition) is 1. The first-order valence-electron chi connectivity index (χ1n) is 7.87. The Bertz CT molecular complexity index is 671. The number of para-hydroxylation sites is 1. The lowest BCUT2D eigenvalue weighted by molar-refractivity contribution is 0.299. The van der Waals surface area contributed by atoms with E-state index in [1.54, 1.807) is 12.3 Å². The molecule has 5 rings (SSSR count). The summed E-state index contributed by atoms with van der Waals surface area (Å²) in [6.45, 7) is 0. The van der Waals surface area contributed by atoms with Crippen LogP contribution in [0.5, 0.6) is 11.6 Å². The molecule has 1 saturated carbocycles. The van der Waals surface area contributed by atoms with Gasteiger partial charge in [0.05, 0.1) is 0 Å². The van der Waals surface area contributed by atoms with Gasteiger partial charge in [-0.1, -0.05) is 30.4 Å². The van der Waals surface area contributed by atoms with E-state index in [4.69, 9.17) is 4.74 Å². The van der Waals surface area contributed by atoms with Crippen LogP contribution in [0, 0.1) is 11.8 Å². The predicted molar refractivity (Wildman–Crippen MR) is 85.9 cm³/mol. The molecular formula is C18H19N3O. The van der Waals surface area contributed by atoms with Gasteiger partial charge in [-0.05, 0) is 43.2 Å². The molecule has 3 unspecified atom stereocenters. The third-order valence-corrected chi connectivity index (χ3v) is 4.48. The molecule has 3 aliphatic rings. The lowest BCUT2D eigenvalue weighted by Crippen LogP contribution is -2.37. The summed E-state index contributed by atoms with van der Waals surface area (Å²) in [6, 6.07) is 11.9. The molecule has 1 fully saturated rings. The van der Waals surface area contributed by atoms with Crippen LogP contribution in [0.1, 0.15) is 19.3 Å². The Morgan fingerprint density at radius 1 is 1.05 bits per heavy atom. The van der Waals surface area contributed by atoms with E-state index in [0.29, 0.717) is 29.7 Å². The number of ether oxygens (including phenoxy) is 1. The molecule has 0 radical (unpaired) electrons. The van der Waals surface area contributed by atoms with Gasteiger partial charge in [0.2, 0.25) is 11.8 Å². The van der Waals surface area contributed by atoms with Gasteiger partial charge in [0, 0.05) is 18.3 Å². The molecule has 22 heavy (non-hydrogen) atoms. The first-order valence-corrected chi connectivity index (χ1v) is 7.87. The first kappa shape index (κ1) is 13.3. The quantitative estimate of drug-likeness (QED) is 0.864. The largest absolute Gasteiger partial charge is 0.439 e. The highest BCUT2D eigenvalue weighted by Crippen LogP contribution is 2.37. The highest BCUT2D eigenvalue weighted by Gasteiger charge is 2.32. The first-order chi connectivity index (χ1) is 10.9. The van der Waals surface area contributed by atoms with E-state index in [1.165, 1.54) is 19.3 Å². The third-order valence-electron chi connectivity index (χ3n) is 4.48. The van der Waals surface area contributed by atoms with E-state index in [-0.39, 0.29) is 0 Å². The third kappa shape index (κ3) is 2.82. The molecule has 1 heterocycles. The van der Waals surface area contributed by atoms with Crippen molar-refractivity contribution in [2.24, 2.45) is 11.8 Å². The number of nitrogens with zero attached hydrogens (tertiary/aromatic N) is 2. The minimum atomic E-state index is 0.440. The zero-order chi connectivity index (χ0) is 14.8. The average Bonchev–Trinajstić information content (AvgIpc) is 2.57. The van der Waals surface area contributed by atoms with E-state index in [2.05, 4.69) is 27.4 Å². The van der Waals surface area contributed by atoms with Gasteiger partial charge in [0.25, 0.3) is 0 Å². The second-order valence-corrected chi connectivity index (χ2v) is 6.01. The molecule has 0 amide bonds. The summed E-state index contributed by atoms with van der Waals surface area (Å²) in [5.41, 5.74) is 0. The molecule has 0 saturated heterocycles. The van der Waals surface area contributed by atoms with Gasteiger partial charge in [-0.3, -0.25) is 0 Å². The van der Waals surface area contributed by atoms with Crippen molar-refractivity contribution in [3.8, 4) is 11.6 Å². The summed E-state index contributed by atoms with van der Waals surface area (Å²) < 4.78 is 5.77. The van der Waals surface area contributed by atoms with Gasteiger partial charge in [0.1, 0.15) is 5.75 Å². The maximum absolute atomic E-state index is 5.77. The molecule has 1 N–H and O–H groups in total. The van der Waals surface area contributed by atoms with Crippen LogP contribution in [-0.2, 0) is 0 Å². The van der Waals surface area contributed by atoms with Gasteiger partial charge in [-0.2, -0.15) is 4.98 Å². The number of anilines is 1. The normalized spacial score (nSPS) is 25.9. The number of rotatable bonds is 4. The van der Waals surface area contributed by atoms with Crippen LogP contribution in [0.4, 0.5) is 5.95 Å². The van der Waals surface area contributed by atoms with Crippen molar-refractivity contribution >= 4 is 5.95 Å².